The molecule has 0 radical (unpaired) electrons. The number of benzene rings is 1. The number of rotatable bonds is 4. The van der Waals surface area contributed by atoms with Gasteiger partial charge in [0, 0.05) is 6.42 Å². The summed E-state index contributed by atoms with van der Waals surface area (Å²) in [4.78, 5) is 10.1. The molecular formula is C11H13FO. The van der Waals surface area contributed by atoms with Crippen LogP contribution in [0.4, 0.5) is 4.39 Å². The highest BCUT2D eigenvalue weighted by Crippen LogP contribution is 2.17. The van der Waals surface area contributed by atoms with E-state index in [0.29, 0.717) is 18.4 Å². The van der Waals surface area contributed by atoms with Crippen LogP contribution in [0.25, 0.3) is 0 Å². The Morgan fingerprint density at radius 1 is 1.54 bits per heavy atom. The zero-order valence-corrected chi connectivity index (χ0v) is 7.66. The van der Waals surface area contributed by atoms with E-state index in [1.54, 1.807) is 6.07 Å². The molecule has 0 aliphatic carbocycles. The summed E-state index contributed by atoms with van der Waals surface area (Å²) < 4.78 is 12.9. The molecular weight excluding hydrogens is 167 g/mol. The van der Waals surface area contributed by atoms with Gasteiger partial charge in [0.1, 0.15) is 12.5 Å². The van der Waals surface area contributed by atoms with Crippen LogP contribution in [0.2, 0.25) is 0 Å². The zero-order valence-electron chi connectivity index (χ0n) is 7.66. The van der Waals surface area contributed by atoms with Crippen molar-refractivity contribution in [1.29, 1.82) is 0 Å². The fourth-order valence-electron chi connectivity index (χ4n) is 1.22. The van der Waals surface area contributed by atoms with Gasteiger partial charge in [0.15, 0.2) is 0 Å². The molecule has 0 fully saturated rings. The van der Waals surface area contributed by atoms with E-state index in [1.807, 2.05) is 18.2 Å². The van der Waals surface area contributed by atoms with Crippen molar-refractivity contribution in [2.75, 3.05) is 0 Å². The number of hydrogen-bond donors (Lipinski definition) is 0. The van der Waals surface area contributed by atoms with E-state index in [9.17, 15) is 9.18 Å². The van der Waals surface area contributed by atoms with Gasteiger partial charge in [-0.15, -0.1) is 0 Å². The van der Waals surface area contributed by atoms with Crippen molar-refractivity contribution in [1.82, 2.24) is 0 Å². The summed E-state index contributed by atoms with van der Waals surface area (Å²) in [7, 11) is 0. The predicted octanol–water partition coefficient (Wildman–Crippen LogP) is 2.85. The Balaban J connectivity index is 2.73. The SMILES string of the molecule is CC(F)c1cccc(CCC=O)c1. The molecule has 0 saturated heterocycles. The van der Waals surface area contributed by atoms with Crippen LogP contribution in [0, 0.1) is 0 Å². The monoisotopic (exact) mass is 180 g/mol. The number of carbonyl (C=O) groups is 1. The minimum absolute atomic E-state index is 0.504. The average Bonchev–Trinajstić information content (AvgIpc) is 2.15. The summed E-state index contributed by atoms with van der Waals surface area (Å²) in [6, 6.07) is 7.31. The van der Waals surface area contributed by atoms with Crippen molar-refractivity contribution in [3.8, 4) is 0 Å². The van der Waals surface area contributed by atoms with Gasteiger partial charge in [-0.05, 0) is 24.5 Å². The lowest BCUT2D eigenvalue weighted by Gasteiger charge is -2.04. The smallest absolute Gasteiger partial charge is 0.122 e. The van der Waals surface area contributed by atoms with Gasteiger partial charge >= 0.3 is 0 Å². The van der Waals surface area contributed by atoms with E-state index in [2.05, 4.69) is 0 Å². The lowest BCUT2D eigenvalue weighted by molar-refractivity contribution is -0.107. The molecule has 0 aliphatic heterocycles. The molecule has 70 valence electrons. The number of carbonyl (C=O) groups excluding carboxylic acids is 1. The standard InChI is InChI=1S/C11H13FO/c1-9(12)11-6-2-4-10(8-11)5-3-7-13/h2,4,6-9H,3,5H2,1H3. The van der Waals surface area contributed by atoms with Gasteiger partial charge in [0.2, 0.25) is 0 Å². The first kappa shape index (κ1) is 9.90. The lowest BCUT2D eigenvalue weighted by atomic mass is 10.0. The van der Waals surface area contributed by atoms with Crippen LogP contribution in [0.15, 0.2) is 24.3 Å². The normalized spacial score (nSPS) is 12.5. The molecule has 1 rings (SSSR count). The molecule has 0 heterocycles. The molecule has 13 heavy (non-hydrogen) atoms. The Morgan fingerprint density at radius 2 is 2.31 bits per heavy atom. The van der Waals surface area contributed by atoms with Crippen LogP contribution in [0.1, 0.15) is 30.6 Å². The predicted molar refractivity (Wildman–Crippen MR) is 50.4 cm³/mol. The first-order chi connectivity index (χ1) is 6.24. The third kappa shape index (κ3) is 2.98. The van der Waals surface area contributed by atoms with Crippen LogP contribution >= 0.6 is 0 Å². The second-order valence-corrected chi connectivity index (χ2v) is 3.07. The largest absolute Gasteiger partial charge is 0.303 e. The third-order valence-corrected chi connectivity index (χ3v) is 1.96. The third-order valence-electron chi connectivity index (χ3n) is 1.96. The van der Waals surface area contributed by atoms with E-state index in [4.69, 9.17) is 0 Å². The molecule has 1 nitrogen and oxygen atoms in total. The van der Waals surface area contributed by atoms with Crippen molar-refractivity contribution in [3.63, 3.8) is 0 Å². The Kier molecular flexibility index (Phi) is 3.62. The summed E-state index contributed by atoms with van der Waals surface area (Å²) in [6.45, 7) is 1.51. The lowest BCUT2D eigenvalue weighted by Crippen LogP contribution is -1.90. The molecule has 0 amide bonds. The highest BCUT2D eigenvalue weighted by atomic mass is 19.1. The molecule has 1 atom stereocenters. The highest BCUT2D eigenvalue weighted by molar-refractivity contribution is 5.50. The Morgan fingerprint density at radius 3 is 2.92 bits per heavy atom. The van der Waals surface area contributed by atoms with E-state index >= 15 is 0 Å². The number of halogens is 1. The van der Waals surface area contributed by atoms with Crippen LogP contribution < -0.4 is 0 Å². The van der Waals surface area contributed by atoms with Crippen molar-refractivity contribution in [3.05, 3.63) is 35.4 Å². The summed E-state index contributed by atoms with van der Waals surface area (Å²) in [5, 5.41) is 0. The zero-order chi connectivity index (χ0) is 9.68. The molecule has 1 aromatic rings. The van der Waals surface area contributed by atoms with Gasteiger partial charge < -0.3 is 4.79 Å². The van der Waals surface area contributed by atoms with Gasteiger partial charge in [0.25, 0.3) is 0 Å². The van der Waals surface area contributed by atoms with Crippen molar-refractivity contribution in [2.45, 2.75) is 25.9 Å². The van der Waals surface area contributed by atoms with Crippen molar-refractivity contribution in [2.24, 2.45) is 0 Å². The molecule has 0 aliphatic rings. The maximum Gasteiger partial charge on any atom is 0.122 e. The minimum Gasteiger partial charge on any atom is -0.303 e. The molecule has 0 bridgehead atoms. The van der Waals surface area contributed by atoms with Crippen LogP contribution in [-0.2, 0) is 11.2 Å². The van der Waals surface area contributed by atoms with Gasteiger partial charge in [-0.25, -0.2) is 4.39 Å². The second-order valence-electron chi connectivity index (χ2n) is 3.07. The average molecular weight is 180 g/mol. The maximum absolute atomic E-state index is 12.9. The number of hydrogen-bond acceptors (Lipinski definition) is 1. The quantitative estimate of drug-likeness (QED) is 0.651. The second kappa shape index (κ2) is 4.75. The van der Waals surface area contributed by atoms with Crippen LogP contribution in [0.5, 0.6) is 0 Å². The van der Waals surface area contributed by atoms with E-state index in [0.717, 1.165) is 11.8 Å². The Hall–Kier alpha value is -1.18. The number of aryl methyl sites for hydroxylation is 1. The fourth-order valence-corrected chi connectivity index (χ4v) is 1.22. The molecule has 0 spiro atoms. The van der Waals surface area contributed by atoms with Crippen LogP contribution in [-0.4, -0.2) is 6.29 Å². The fraction of sp³-hybridized carbons (Fsp3) is 0.364. The van der Waals surface area contributed by atoms with E-state index in [1.165, 1.54) is 6.92 Å². The Labute approximate surface area is 77.6 Å². The van der Waals surface area contributed by atoms with Gasteiger partial charge in [-0.2, -0.15) is 0 Å². The first-order valence-electron chi connectivity index (χ1n) is 4.40. The molecule has 2 heteroatoms. The number of alkyl halides is 1. The van der Waals surface area contributed by atoms with Gasteiger partial charge in [-0.1, -0.05) is 24.3 Å². The van der Waals surface area contributed by atoms with Gasteiger partial charge in [0.05, 0.1) is 0 Å². The van der Waals surface area contributed by atoms with Crippen molar-refractivity contribution < 1.29 is 9.18 Å². The minimum atomic E-state index is -0.934. The van der Waals surface area contributed by atoms with Crippen LogP contribution in [0.3, 0.4) is 0 Å². The summed E-state index contributed by atoms with van der Waals surface area (Å²) in [5.74, 6) is 0. The topological polar surface area (TPSA) is 17.1 Å². The molecule has 0 saturated carbocycles. The maximum atomic E-state index is 12.9. The van der Waals surface area contributed by atoms with Crippen molar-refractivity contribution >= 4 is 6.29 Å². The first-order valence-corrected chi connectivity index (χ1v) is 4.40. The Bertz CT molecular complexity index is 281. The van der Waals surface area contributed by atoms with E-state index < -0.39 is 6.17 Å². The summed E-state index contributed by atoms with van der Waals surface area (Å²) >= 11 is 0. The van der Waals surface area contributed by atoms with Gasteiger partial charge in [-0.3, -0.25) is 0 Å². The molecule has 1 unspecified atom stereocenters. The molecule has 1 aromatic carbocycles. The molecule has 0 N–H and O–H groups in total. The molecule has 0 aromatic heterocycles. The highest BCUT2D eigenvalue weighted by Gasteiger charge is 2.02. The number of aldehydes is 1. The summed E-state index contributed by atoms with van der Waals surface area (Å²) in [6.07, 6.45) is 1.15. The van der Waals surface area contributed by atoms with E-state index in [-0.39, 0.29) is 0 Å². The summed E-state index contributed by atoms with van der Waals surface area (Å²) in [5.41, 5.74) is 1.71.